The van der Waals surface area contributed by atoms with Gasteiger partial charge in [0.2, 0.25) is 26.0 Å². The van der Waals surface area contributed by atoms with Gasteiger partial charge in [-0.25, -0.2) is 26.7 Å². The number of likely N-dealkylation sites (tertiary alicyclic amines) is 1. The average molecular weight is 689 g/mol. The molecule has 0 atom stereocenters. The summed E-state index contributed by atoms with van der Waals surface area (Å²) in [4.78, 5) is 18.0. The standard InChI is InChI=1S/C37H44N4O5S2/c38-47(43,44)35-19-17-31(18-20-35)21-25-41(37(42)16-7-11-30-9-2-1-3-10-30)29-32-12-6-13-33(27-32)34-14-8-15-36(28-34)48(45,46)39-22-26-40-23-4-5-24-40/h1-3,6,8-10,12-15,17-20,27-28,39H,4-5,7,11,16,21-26,29H2,(H2,38,43,44). The molecule has 11 heteroatoms. The Labute approximate surface area is 284 Å². The highest BCUT2D eigenvalue weighted by molar-refractivity contribution is 7.89. The molecule has 3 N–H and O–H groups in total. The number of carbonyl (C=O) groups excluding carboxylic acids is 1. The third kappa shape index (κ3) is 10.3. The lowest BCUT2D eigenvalue weighted by molar-refractivity contribution is -0.131. The largest absolute Gasteiger partial charge is 0.338 e. The van der Waals surface area contributed by atoms with E-state index >= 15 is 0 Å². The summed E-state index contributed by atoms with van der Waals surface area (Å²) >= 11 is 0. The molecular formula is C37H44N4O5S2. The van der Waals surface area contributed by atoms with Crippen LogP contribution in [-0.4, -0.2) is 65.3 Å². The first-order valence-corrected chi connectivity index (χ1v) is 19.4. The van der Waals surface area contributed by atoms with Crippen molar-refractivity contribution in [2.75, 3.05) is 32.7 Å². The topological polar surface area (TPSA) is 130 Å². The maximum atomic E-state index is 13.6. The highest BCUT2D eigenvalue weighted by atomic mass is 32.2. The number of nitrogens with one attached hydrogen (secondary N) is 1. The molecule has 5 rings (SSSR count). The van der Waals surface area contributed by atoms with Crippen molar-refractivity contribution in [3.63, 3.8) is 0 Å². The number of benzene rings is 4. The van der Waals surface area contributed by atoms with E-state index in [1.165, 1.54) is 17.7 Å². The third-order valence-electron chi connectivity index (χ3n) is 8.67. The van der Waals surface area contributed by atoms with Gasteiger partial charge in [0.1, 0.15) is 0 Å². The third-order valence-corrected chi connectivity index (χ3v) is 11.1. The van der Waals surface area contributed by atoms with Crippen LogP contribution in [0.1, 0.15) is 42.4 Å². The smallest absolute Gasteiger partial charge is 0.240 e. The van der Waals surface area contributed by atoms with E-state index in [9.17, 15) is 21.6 Å². The maximum absolute atomic E-state index is 13.6. The molecule has 1 fully saturated rings. The first kappa shape index (κ1) is 35.4. The Morgan fingerprint density at radius 3 is 2.08 bits per heavy atom. The molecule has 48 heavy (non-hydrogen) atoms. The highest BCUT2D eigenvalue weighted by Crippen LogP contribution is 2.25. The average Bonchev–Trinajstić information content (AvgIpc) is 3.60. The van der Waals surface area contributed by atoms with E-state index in [4.69, 9.17) is 5.14 Å². The van der Waals surface area contributed by atoms with Gasteiger partial charge >= 0.3 is 0 Å². The Balaban J connectivity index is 1.28. The van der Waals surface area contributed by atoms with E-state index in [0.717, 1.165) is 61.0 Å². The highest BCUT2D eigenvalue weighted by Gasteiger charge is 2.18. The fourth-order valence-corrected chi connectivity index (χ4v) is 7.57. The molecule has 9 nitrogen and oxygen atoms in total. The van der Waals surface area contributed by atoms with Crippen LogP contribution in [0.15, 0.2) is 113 Å². The van der Waals surface area contributed by atoms with Crippen LogP contribution in [0.4, 0.5) is 0 Å². The van der Waals surface area contributed by atoms with Gasteiger partial charge in [0.25, 0.3) is 0 Å². The maximum Gasteiger partial charge on any atom is 0.240 e. The molecule has 1 saturated heterocycles. The molecule has 0 bridgehead atoms. The monoisotopic (exact) mass is 688 g/mol. The summed E-state index contributed by atoms with van der Waals surface area (Å²) in [7, 11) is -7.45. The molecule has 1 amide bonds. The molecule has 4 aromatic carbocycles. The lowest BCUT2D eigenvalue weighted by Crippen LogP contribution is -2.33. The van der Waals surface area contributed by atoms with E-state index in [1.54, 1.807) is 30.3 Å². The molecule has 0 aliphatic carbocycles. The van der Waals surface area contributed by atoms with E-state index in [1.807, 2.05) is 53.4 Å². The summed E-state index contributed by atoms with van der Waals surface area (Å²) in [6.07, 6.45) is 4.77. The number of carbonyl (C=O) groups is 1. The van der Waals surface area contributed by atoms with Crippen molar-refractivity contribution in [1.82, 2.24) is 14.5 Å². The van der Waals surface area contributed by atoms with Crippen molar-refractivity contribution in [3.8, 4) is 11.1 Å². The summed E-state index contributed by atoms with van der Waals surface area (Å²) in [5, 5.41) is 5.25. The molecule has 254 valence electrons. The molecule has 0 spiro atoms. The van der Waals surface area contributed by atoms with Crippen molar-refractivity contribution in [1.29, 1.82) is 0 Å². The van der Waals surface area contributed by atoms with Crippen molar-refractivity contribution in [2.45, 2.75) is 54.9 Å². The molecule has 1 aliphatic heterocycles. The van der Waals surface area contributed by atoms with Crippen molar-refractivity contribution in [2.24, 2.45) is 5.14 Å². The van der Waals surface area contributed by atoms with Gasteiger partial charge in [0.15, 0.2) is 0 Å². The van der Waals surface area contributed by atoms with Gasteiger partial charge in [0, 0.05) is 32.6 Å². The van der Waals surface area contributed by atoms with E-state index < -0.39 is 20.0 Å². The number of primary sulfonamides is 1. The minimum atomic E-state index is -3.79. The van der Waals surface area contributed by atoms with Crippen molar-refractivity contribution in [3.05, 3.63) is 120 Å². The van der Waals surface area contributed by atoms with Crippen LogP contribution in [0.3, 0.4) is 0 Å². The minimum Gasteiger partial charge on any atom is -0.338 e. The van der Waals surface area contributed by atoms with Crippen molar-refractivity contribution >= 4 is 26.0 Å². The van der Waals surface area contributed by atoms with Gasteiger partial charge in [-0.05, 0) is 103 Å². The van der Waals surface area contributed by atoms with Gasteiger partial charge in [-0.1, -0.05) is 72.8 Å². The van der Waals surface area contributed by atoms with Crippen LogP contribution in [-0.2, 0) is 44.2 Å². The van der Waals surface area contributed by atoms with Crippen LogP contribution in [0.5, 0.6) is 0 Å². The summed E-state index contributed by atoms with van der Waals surface area (Å²) < 4.78 is 52.3. The van der Waals surface area contributed by atoms with Gasteiger partial charge in [0.05, 0.1) is 9.79 Å². The summed E-state index contributed by atoms with van der Waals surface area (Å²) in [6.45, 7) is 3.91. The normalized spacial score (nSPS) is 13.9. The number of sulfonamides is 2. The van der Waals surface area contributed by atoms with Crippen LogP contribution < -0.4 is 9.86 Å². The fourth-order valence-electron chi connectivity index (χ4n) is 5.99. The molecule has 1 heterocycles. The number of hydrogen-bond acceptors (Lipinski definition) is 6. The molecule has 0 aromatic heterocycles. The Bertz CT molecular complexity index is 1880. The zero-order valence-electron chi connectivity index (χ0n) is 27.1. The number of rotatable bonds is 16. The predicted molar refractivity (Wildman–Crippen MR) is 189 cm³/mol. The number of nitrogens with zero attached hydrogens (tertiary/aromatic N) is 2. The minimum absolute atomic E-state index is 0.0329. The zero-order chi connectivity index (χ0) is 34.0. The molecule has 1 aliphatic rings. The van der Waals surface area contributed by atoms with E-state index in [-0.39, 0.29) is 15.7 Å². The van der Waals surface area contributed by atoms with E-state index in [2.05, 4.69) is 21.8 Å². The second-order valence-electron chi connectivity index (χ2n) is 12.3. The molecule has 4 aromatic rings. The lowest BCUT2D eigenvalue weighted by atomic mass is 10.0. The number of hydrogen-bond donors (Lipinski definition) is 2. The second kappa shape index (κ2) is 16.5. The molecular weight excluding hydrogens is 645 g/mol. The molecule has 0 radical (unpaired) electrons. The number of amides is 1. The lowest BCUT2D eigenvalue weighted by Gasteiger charge is -2.24. The Morgan fingerprint density at radius 1 is 0.729 bits per heavy atom. The first-order chi connectivity index (χ1) is 23.1. The number of aryl methyl sites for hydroxylation is 1. The summed E-state index contributed by atoms with van der Waals surface area (Å²) in [5.41, 5.74) is 4.63. The first-order valence-electron chi connectivity index (χ1n) is 16.4. The fraction of sp³-hybridized carbons (Fsp3) is 0.324. The Hall–Kier alpha value is -3.87. The zero-order valence-corrected chi connectivity index (χ0v) is 28.8. The van der Waals surface area contributed by atoms with Gasteiger partial charge in [-0.3, -0.25) is 4.79 Å². The van der Waals surface area contributed by atoms with Gasteiger partial charge in [-0.2, -0.15) is 0 Å². The Kier molecular flexibility index (Phi) is 12.2. The SMILES string of the molecule is NS(=O)(=O)c1ccc(CCN(Cc2cccc(-c3cccc(S(=O)(=O)NCCN4CCCC4)c3)c2)C(=O)CCCc2ccccc2)cc1. The van der Waals surface area contributed by atoms with Crippen LogP contribution in [0.2, 0.25) is 0 Å². The second-order valence-corrected chi connectivity index (χ2v) is 15.6. The van der Waals surface area contributed by atoms with Crippen LogP contribution >= 0.6 is 0 Å². The van der Waals surface area contributed by atoms with E-state index in [0.29, 0.717) is 39.0 Å². The van der Waals surface area contributed by atoms with Gasteiger partial charge < -0.3 is 9.80 Å². The summed E-state index contributed by atoms with van der Waals surface area (Å²) in [5.74, 6) is 0.0329. The van der Waals surface area contributed by atoms with Crippen LogP contribution in [0.25, 0.3) is 11.1 Å². The quantitative estimate of drug-likeness (QED) is 0.171. The van der Waals surface area contributed by atoms with Crippen LogP contribution in [0, 0.1) is 0 Å². The predicted octanol–water partition coefficient (Wildman–Crippen LogP) is 4.97. The Morgan fingerprint density at radius 2 is 1.38 bits per heavy atom. The molecule has 0 unspecified atom stereocenters. The van der Waals surface area contributed by atoms with Crippen molar-refractivity contribution < 1.29 is 21.6 Å². The number of nitrogens with two attached hydrogens (primary N) is 1. The van der Waals surface area contributed by atoms with Gasteiger partial charge in [-0.15, -0.1) is 0 Å². The summed E-state index contributed by atoms with van der Waals surface area (Å²) in [6, 6.07) is 31.3. The molecule has 0 saturated carbocycles.